The molecule has 0 unspecified atom stereocenters. The second-order valence-electron chi connectivity index (χ2n) is 6.55. The Morgan fingerprint density at radius 2 is 1.66 bits per heavy atom. The van der Waals surface area contributed by atoms with Gasteiger partial charge in [0, 0.05) is 23.2 Å². The van der Waals surface area contributed by atoms with Gasteiger partial charge in [0.25, 0.3) is 0 Å². The first-order valence-corrected chi connectivity index (χ1v) is 8.98. The van der Waals surface area contributed by atoms with E-state index in [2.05, 4.69) is 4.99 Å². The number of fused-ring (bicyclic) bond motifs is 1. The molecule has 1 aromatic heterocycles. The van der Waals surface area contributed by atoms with E-state index >= 15 is 0 Å². The maximum atomic E-state index is 14.2. The van der Waals surface area contributed by atoms with Crippen molar-refractivity contribution in [2.45, 2.75) is 12.6 Å². The average molecular weight is 401 g/mol. The van der Waals surface area contributed by atoms with E-state index in [4.69, 9.17) is 13.9 Å². The molecule has 0 saturated carbocycles. The number of nitrogens with zero attached hydrogens (tertiary/aromatic N) is 1. The van der Waals surface area contributed by atoms with Crippen molar-refractivity contribution in [1.29, 1.82) is 0 Å². The standard InChI is InChI=1S/C22H18F3NO3/c1-27-18-11-13-8-9-26-21(16(13)12-19(18)28-2)15-6-3-5-14(17-7-4-10-29-17)20(15)22(23,24)25/h3-7,10-12H,8-9H2,1-2H3. The summed E-state index contributed by atoms with van der Waals surface area (Å²) < 4.78 is 58.4. The SMILES string of the molecule is COc1cc2c(cc1OC)C(c1cccc(-c3ccco3)c1C(F)(F)F)=NCC2. The summed E-state index contributed by atoms with van der Waals surface area (Å²) in [6.45, 7) is 0.389. The lowest BCUT2D eigenvalue weighted by molar-refractivity contribution is -0.137. The fraction of sp³-hybridized carbons (Fsp3) is 0.227. The van der Waals surface area contributed by atoms with E-state index in [1.807, 2.05) is 0 Å². The van der Waals surface area contributed by atoms with Crippen LogP contribution in [0.4, 0.5) is 13.2 Å². The van der Waals surface area contributed by atoms with Crippen LogP contribution in [0.3, 0.4) is 0 Å². The maximum absolute atomic E-state index is 14.2. The Morgan fingerprint density at radius 3 is 2.31 bits per heavy atom. The van der Waals surface area contributed by atoms with Gasteiger partial charge in [0.05, 0.1) is 31.8 Å². The molecule has 0 fully saturated rings. The van der Waals surface area contributed by atoms with Crippen molar-refractivity contribution in [1.82, 2.24) is 0 Å². The number of halogens is 3. The van der Waals surface area contributed by atoms with E-state index < -0.39 is 11.7 Å². The molecule has 2 heterocycles. The van der Waals surface area contributed by atoms with E-state index in [-0.39, 0.29) is 22.6 Å². The Bertz CT molecular complexity index is 1070. The minimum Gasteiger partial charge on any atom is -0.493 e. The van der Waals surface area contributed by atoms with Crippen LogP contribution in [0.5, 0.6) is 11.5 Å². The van der Waals surface area contributed by atoms with Gasteiger partial charge >= 0.3 is 6.18 Å². The lowest BCUT2D eigenvalue weighted by Crippen LogP contribution is -2.20. The number of benzene rings is 2. The highest BCUT2D eigenvalue weighted by atomic mass is 19.4. The number of ether oxygens (including phenoxy) is 2. The van der Waals surface area contributed by atoms with Crippen molar-refractivity contribution in [2.24, 2.45) is 4.99 Å². The van der Waals surface area contributed by atoms with Crippen molar-refractivity contribution in [3.63, 3.8) is 0 Å². The molecule has 3 aromatic rings. The smallest absolute Gasteiger partial charge is 0.417 e. The zero-order chi connectivity index (χ0) is 20.6. The molecule has 0 bridgehead atoms. The summed E-state index contributed by atoms with van der Waals surface area (Å²) in [7, 11) is 3.01. The van der Waals surface area contributed by atoms with Gasteiger partial charge in [0.1, 0.15) is 5.76 Å². The number of methoxy groups -OCH3 is 2. The Kier molecular flexibility index (Phi) is 4.82. The second-order valence-corrected chi connectivity index (χ2v) is 6.55. The number of hydrogen-bond donors (Lipinski definition) is 0. The molecular weight excluding hydrogens is 383 g/mol. The van der Waals surface area contributed by atoms with Crippen LogP contribution in [0, 0.1) is 0 Å². The van der Waals surface area contributed by atoms with Crippen molar-refractivity contribution in [3.8, 4) is 22.8 Å². The topological polar surface area (TPSA) is 44.0 Å². The van der Waals surface area contributed by atoms with Crippen molar-refractivity contribution in [2.75, 3.05) is 20.8 Å². The van der Waals surface area contributed by atoms with Crippen LogP contribution in [-0.2, 0) is 12.6 Å². The van der Waals surface area contributed by atoms with Crippen LogP contribution in [0.1, 0.15) is 22.3 Å². The van der Waals surface area contributed by atoms with Gasteiger partial charge in [-0.2, -0.15) is 13.2 Å². The number of furan rings is 1. The number of hydrogen-bond acceptors (Lipinski definition) is 4. The van der Waals surface area contributed by atoms with Crippen molar-refractivity contribution >= 4 is 5.71 Å². The molecule has 1 aliphatic rings. The van der Waals surface area contributed by atoms with E-state index in [9.17, 15) is 13.2 Å². The monoisotopic (exact) mass is 401 g/mol. The maximum Gasteiger partial charge on any atom is 0.417 e. The minimum absolute atomic E-state index is 0.0135. The lowest BCUT2D eigenvalue weighted by Gasteiger charge is -2.23. The second kappa shape index (κ2) is 7.31. The minimum atomic E-state index is -4.59. The van der Waals surface area contributed by atoms with Gasteiger partial charge in [0.2, 0.25) is 0 Å². The third kappa shape index (κ3) is 3.37. The molecule has 7 heteroatoms. The van der Waals surface area contributed by atoms with Gasteiger partial charge in [-0.15, -0.1) is 0 Å². The van der Waals surface area contributed by atoms with Crippen LogP contribution in [0.15, 0.2) is 58.1 Å². The Balaban J connectivity index is 1.95. The van der Waals surface area contributed by atoms with Crippen LogP contribution in [0.2, 0.25) is 0 Å². The molecule has 0 saturated heterocycles. The van der Waals surface area contributed by atoms with Crippen molar-refractivity contribution in [3.05, 3.63) is 71.0 Å². The van der Waals surface area contributed by atoms with Crippen LogP contribution in [-0.4, -0.2) is 26.5 Å². The first kappa shape index (κ1) is 19.1. The molecule has 4 rings (SSSR count). The normalized spacial score (nSPS) is 13.6. The Labute approximate surface area is 165 Å². The number of rotatable bonds is 4. The van der Waals surface area contributed by atoms with Crippen LogP contribution < -0.4 is 9.47 Å². The molecule has 0 radical (unpaired) electrons. The van der Waals surface area contributed by atoms with Gasteiger partial charge in [-0.25, -0.2) is 0 Å². The molecule has 0 atom stereocenters. The van der Waals surface area contributed by atoms with Gasteiger partial charge in [-0.05, 0) is 36.2 Å². The summed E-state index contributed by atoms with van der Waals surface area (Å²) in [5.74, 6) is 1.13. The van der Waals surface area contributed by atoms with E-state index in [1.165, 1.54) is 38.7 Å². The third-order valence-electron chi connectivity index (χ3n) is 4.91. The summed E-state index contributed by atoms with van der Waals surface area (Å²) in [6.07, 6.45) is -2.62. The summed E-state index contributed by atoms with van der Waals surface area (Å²) in [5, 5.41) is 0. The molecule has 1 aliphatic heterocycles. The van der Waals surface area contributed by atoms with Crippen LogP contribution in [0.25, 0.3) is 11.3 Å². The summed E-state index contributed by atoms with van der Waals surface area (Å²) >= 11 is 0. The Hall–Kier alpha value is -3.22. The fourth-order valence-electron chi connectivity index (χ4n) is 3.64. The van der Waals surface area contributed by atoms with Crippen molar-refractivity contribution < 1.29 is 27.1 Å². The molecule has 150 valence electrons. The summed E-state index contributed by atoms with van der Waals surface area (Å²) in [4.78, 5) is 4.46. The van der Waals surface area contributed by atoms with Gasteiger partial charge in [0.15, 0.2) is 11.5 Å². The van der Waals surface area contributed by atoms with E-state index in [1.54, 1.807) is 24.3 Å². The summed E-state index contributed by atoms with van der Waals surface area (Å²) in [5.41, 5.74) is 0.985. The highest BCUT2D eigenvalue weighted by molar-refractivity contribution is 6.16. The average Bonchev–Trinajstić information content (AvgIpc) is 3.25. The van der Waals surface area contributed by atoms with E-state index in [0.29, 0.717) is 30.0 Å². The van der Waals surface area contributed by atoms with Gasteiger partial charge < -0.3 is 13.9 Å². The molecule has 29 heavy (non-hydrogen) atoms. The zero-order valence-corrected chi connectivity index (χ0v) is 15.8. The lowest BCUT2D eigenvalue weighted by atomic mass is 9.88. The van der Waals surface area contributed by atoms with Gasteiger partial charge in [-0.3, -0.25) is 4.99 Å². The largest absolute Gasteiger partial charge is 0.493 e. The fourth-order valence-corrected chi connectivity index (χ4v) is 3.64. The summed E-state index contributed by atoms with van der Waals surface area (Å²) in [6, 6.07) is 11.0. The quantitative estimate of drug-likeness (QED) is 0.590. The highest BCUT2D eigenvalue weighted by Crippen LogP contribution is 2.42. The van der Waals surface area contributed by atoms with Crippen LogP contribution >= 0.6 is 0 Å². The molecular formula is C22H18F3NO3. The number of alkyl halides is 3. The van der Waals surface area contributed by atoms with Gasteiger partial charge in [-0.1, -0.05) is 18.2 Å². The zero-order valence-electron chi connectivity index (χ0n) is 15.8. The van der Waals surface area contributed by atoms with E-state index in [0.717, 1.165) is 5.56 Å². The predicted octanol–water partition coefficient (Wildman–Crippen LogP) is 5.38. The third-order valence-corrected chi connectivity index (χ3v) is 4.91. The molecule has 4 nitrogen and oxygen atoms in total. The highest BCUT2D eigenvalue weighted by Gasteiger charge is 2.39. The number of aliphatic imine (C=N–C) groups is 1. The molecule has 0 amide bonds. The predicted molar refractivity (Wildman–Crippen MR) is 103 cm³/mol. The first-order valence-electron chi connectivity index (χ1n) is 8.98. The molecule has 0 spiro atoms. The molecule has 0 aliphatic carbocycles. The molecule has 2 aromatic carbocycles. The Morgan fingerprint density at radius 1 is 0.931 bits per heavy atom. The molecule has 0 N–H and O–H groups in total. The first-order chi connectivity index (χ1) is 13.9.